The van der Waals surface area contributed by atoms with Gasteiger partial charge >= 0.3 is 17.6 Å². The van der Waals surface area contributed by atoms with Gasteiger partial charge in [-0.15, -0.1) is 0 Å². The van der Waals surface area contributed by atoms with Crippen molar-refractivity contribution < 1.29 is 42.5 Å². The van der Waals surface area contributed by atoms with Crippen molar-refractivity contribution in [2.24, 2.45) is 27.6 Å². The molecule has 7 rings (SSSR count). The molecular formula is C36H42O10. The van der Waals surface area contributed by atoms with E-state index in [0.717, 1.165) is 0 Å². The fraction of sp³-hybridized carbons (Fsp3) is 0.639. The Kier molecular flexibility index (Phi) is 5.79. The molecule has 0 N–H and O–H groups in total. The van der Waals surface area contributed by atoms with Gasteiger partial charge in [0.05, 0.1) is 35.2 Å². The molecule has 246 valence electrons. The molecule has 0 spiro atoms. The number of fused-ring (bicyclic) bond motifs is 7. The fourth-order valence-electron chi connectivity index (χ4n) is 9.76. The number of carbonyl (C=O) groups is 4. The molecule has 46 heavy (non-hydrogen) atoms. The van der Waals surface area contributed by atoms with E-state index in [1.54, 1.807) is 26.8 Å². The zero-order valence-corrected chi connectivity index (χ0v) is 28.2. The van der Waals surface area contributed by atoms with E-state index in [1.807, 2.05) is 41.5 Å². The third-order valence-corrected chi connectivity index (χ3v) is 13.7. The van der Waals surface area contributed by atoms with Gasteiger partial charge in [0, 0.05) is 28.5 Å². The van der Waals surface area contributed by atoms with Crippen LogP contribution in [-0.4, -0.2) is 47.4 Å². The first-order valence-corrected chi connectivity index (χ1v) is 16.1. The van der Waals surface area contributed by atoms with Gasteiger partial charge in [-0.1, -0.05) is 27.7 Å². The van der Waals surface area contributed by atoms with E-state index in [9.17, 15) is 14.4 Å². The molecule has 1 aromatic heterocycles. The maximum absolute atomic E-state index is 15.6. The molecule has 0 radical (unpaired) electrons. The Balaban J connectivity index is 1.54. The molecule has 2 aromatic rings. The molecule has 4 fully saturated rings. The van der Waals surface area contributed by atoms with Gasteiger partial charge in [0.1, 0.15) is 22.7 Å². The van der Waals surface area contributed by atoms with Crippen LogP contribution in [0.2, 0.25) is 0 Å². The number of rotatable bonds is 5. The lowest BCUT2D eigenvalue weighted by atomic mass is 9.57. The summed E-state index contributed by atoms with van der Waals surface area (Å²) in [5, 5.41) is 0.462. The Labute approximate surface area is 267 Å². The van der Waals surface area contributed by atoms with Gasteiger partial charge in [-0.05, 0) is 65.9 Å². The Hall–Kier alpha value is -3.69. The van der Waals surface area contributed by atoms with Crippen molar-refractivity contribution in [2.45, 2.75) is 111 Å². The minimum Gasteiger partial charge on any atom is -0.496 e. The first kappa shape index (κ1) is 30.9. The highest BCUT2D eigenvalue weighted by Gasteiger charge is 2.80. The lowest BCUT2D eigenvalue weighted by Gasteiger charge is -2.49. The molecule has 0 unspecified atom stereocenters. The Bertz CT molecular complexity index is 1860. The zero-order chi connectivity index (χ0) is 33.8. The van der Waals surface area contributed by atoms with Crippen LogP contribution in [0.15, 0.2) is 21.3 Å². The van der Waals surface area contributed by atoms with Crippen LogP contribution in [-0.2, 0) is 28.7 Å². The molecule has 6 atom stereocenters. The van der Waals surface area contributed by atoms with Crippen molar-refractivity contribution in [3.05, 3.63) is 33.7 Å². The molecular weight excluding hydrogens is 592 g/mol. The Morgan fingerprint density at radius 1 is 0.761 bits per heavy atom. The normalized spacial score (nSPS) is 37.4. The number of Topliss-reactive ketones (excluding diaryl/α,β-unsaturated/α-hetero) is 2. The molecule has 4 heterocycles. The average molecular weight is 635 g/mol. The second-order valence-corrected chi connectivity index (χ2v) is 16.2. The molecule has 0 amide bonds. The van der Waals surface area contributed by atoms with Gasteiger partial charge in [-0.25, -0.2) is 4.79 Å². The third-order valence-electron chi connectivity index (χ3n) is 13.7. The standard InChI is InChI=1S/C36H42O10/c1-17-15-20(37)43-25-21(17)18(42-10)16-19-22(25)23(26(38)35-13-11-33(8,28(40)45-35)31(35,4)5)24(30(2,3)44-19)27(39)36-14-12-34(9,29(41)46-36)32(36,6)7/h15-16,23-24H,11-14H2,1-10H3/t23-,24-,33-,34-,35+,36+/m0/s1. The van der Waals surface area contributed by atoms with Crippen molar-refractivity contribution >= 4 is 34.5 Å². The molecule has 3 aliphatic heterocycles. The fourth-order valence-corrected chi connectivity index (χ4v) is 9.76. The van der Waals surface area contributed by atoms with Crippen LogP contribution in [0, 0.1) is 34.5 Å². The second-order valence-electron chi connectivity index (χ2n) is 16.2. The summed E-state index contributed by atoms with van der Waals surface area (Å²) < 4.78 is 30.4. The summed E-state index contributed by atoms with van der Waals surface area (Å²) in [5.74, 6) is -3.69. The van der Waals surface area contributed by atoms with Crippen LogP contribution in [0.1, 0.15) is 98.1 Å². The van der Waals surface area contributed by atoms with Crippen LogP contribution in [0.25, 0.3) is 11.0 Å². The number of ether oxygens (including phenoxy) is 4. The van der Waals surface area contributed by atoms with Gasteiger partial charge in [0.2, 0.25) is 0 Å². The predicted molar refractivity (Wildman–Crippen MR) is 165 cm³/mol. The van der Waals surface area contributed by atoms with Crippen LogP contribution in [0.5, 0.6) is 11.5 Å². The summed E-state index contributed by atoms with van der Waals surface area (Å²) >= 11 is 0. The monoisotopic (exact) mass is 634 g/mol. The van der Waals surface area contributed by atoms with Gasteiger partial charge in [-0.3, -0.25) is 19.2 Å². The molecule has 5 aliphatic rings. The van der Waals surface area contributed by atoms with E-state index in [4.69, 9.17) is 23.4 Å². The van der Waals surface area contributed by atoms with E-state index in [-0.39, 0.29) is 23.3 Å². The summed E-state index contributed by atoms with van der Waals surface area (Å²) in [6.45, 7) is 16.3. The summed E-state index contributed by atoms with van der Waals surface area (Å²) in [4.78, 5) is 70.6. The van der Waals surface area contributed by atoms with E-state index in [2.05, 4.69) is 0 Å². The van der Waals surface area contributed by atoms with Crippen LogP contribution < -0.4 is 15.1 Å². The molecule has 2 saturated carbocycles. The van der Waals surface area contributed by atoms with Crippen molar-refractivity contribution in [1.82, 2.24) is 0 Å². The number of hydrogen-bond acceptors (Lipinski definition) is 10. The van der Waals surface area contributed by atoms with Crippen LogP contribution >= 0.6 is 0 Å². The molecule has 2 saturated heterocycles. The second kappa shape index (κ2) is 8.61. The van der Waals surface area contributed by atoms with E-state index >= 15 is 9.59 Å². The lowest BCUT2D eigenvalue weighted by molar-refractivity contribution is -0.177. The molecule has 10 heteroatoms. The predicted octanol–water partition coefficient (Wildman–Crippen LogP) is 5.36. The number of benzene rings is 1. The number of aryl methyl sites for hydroxylation is 1. The van der Waals surface area contributed by atoms with Crippen LogP contribution in [0.3, 0.4) is 0 Å². The summed E-state index contributed by atoms with van der Waals surface area (Å²) in [7, 11) is 1.49. The molecule has 4 bridgehead atoms. The number of esters is 2. The zero-order valence-electron chi connectivity index (χ0n) is 28.2. The van der Waals surface area contributed by atoms with Crippen molar-refractivity contribution in [3.8, 4) is 11.5 Å². The number of hydrogen-bond donors (Lipinski definition) is 0. The smallest absolute Gasteiger partial charge is 0.336 e. The van der Waals surface area contributed by atoms with Gasteiger partial charge < -0.3 is 23.4 Å². The van der Waals surface area contributed by atoms with Gasteiger partial charge in [-0.2, -0.15) is 0 Å². The van der Waals surface area contributed by atoms with Crippen molar-refractivity contribution in [2.75, 3.05) is 7.11 Å². The quantitative estimate of drug-likeness (QED) is 0.312. The van der Waals surface area contributed by atoms with E-state index in [1.165, 1.54) is 13.2 Å². The Morgan fingerprint density at radius 3 is 1.74 bits per heavy atom. The first-order valence-electron chi connectivity index (χ1n) is 16.1. The summed E-state index contributed by atoms with van der Waals surface area (Å²) in [6, 6.07) is 2.99. The van der Waals surface area contributed by atoms with Gasteiger partial charge in [0.15, 0.2) is 22.8 Å². The highest BCUT2D eigenvalue weighted by Crippen LogP contribution is 2.70. The lowest BCUT2D eigenvalue weighted by Crippen LogP contribution is -2.62. The Morgan fingerprint density at radius 2 is 1.28 bits per heavy atom. The highest BCUT2D eigenvalue weighted by atomic mass is 16.6. The SMILES string of the molecule is COc1cc2c(c3oc(=O)cc(C)c13)[C@H](C(=O)[C@@]13CC[C@@](C)(C(=O)O1)C3(C)C)[C@@H](C(=O)[C@@]13CC[C@@](C)(C(=O)O1)C3(C)C)C(C)(C)O2. The number of carbonyl (C=O) groups excluding carboxylic acids is 4. The molecule has 10 nitrogen and oxygen atoms in total. The number of methoxy groups -OCH3 is 1. The largest absolute Gasteiger partial charge is 0.496 e. The maximum Gasteiger partial charge on any atom is 0.336 e. The highest BCUT2D eigenvalue weighted by molar-refractivity contribution is 6.09. The topological polar surface area (TPSA) is 135 Å². The van der Waals surface area contributed by atoms with E-state index in [0.29, 0.717) is 36.0 Å². The minimum absolute atomic E-state index is 0.0710. The third kappa shape index (κ3) is 3.12. The van der Waals surface area contributed by atoms with Crippen molar-refractivity contribution in [1.29, 1.82) is 0 Å². The summed E-state index contributed by atoms with van der Waals surface area (Å²) in [5.41, 5.74) is -7.83. The van der Waals surface area contributed by atoms with E-state index < -0.39 is 79.4 Å². The first-order chi connectivity index (χ1) is 21.2. The maximum atomic E-state index is 15.6. The van der Waals surface area contributed by atoms with Crippen LogP contribution in [0.4, 0.5) is 0 Å². The number of ketones is 2. The molecule has 2 aliphatic carbocycles. The minimum atomic E-state index is -1.56. The van der Waals surface area contributed by atoms with Gasteiger partial charge in [0.25, 0.3) is 0 Å². The molecule has 1 aromatic carbocycles. The average Bonchev–Trinajstić information content (AvgIpc) is 3.42. The van der Waals surface area contributed by atoms with Crippen molar-refractivity contribution in [3.63, 3.8) is 0 Å². The summed E-state index contributed by atoms with van der Waals surface area (Å²) in [6.07, 6.45) is 1.46.